The van der Waals surface area contributed by atoms with Crippen LogP contribution in [0.5, 0.6) is 0 Å². The molecule has 1 aromatic carbocycles. The fourth-order valence-corrected chi connectivity index (χ4v) is 3.11. The molecule has 22 heavy (non-hydrogen) atoms. The lowest BCUT2D eigenvalue weighted by Gasteiger charge is -2.08. The van der Waals surface area contributed by atoms with Crippen LogP contribution in [0.1, 0.15) is 5.82 Å². The summed E-state index contributed by atoms with van der Waals surface area (Å²) < 4.78 is 16.0. The first-order chi connectivity index (χ1) is 10.7. The van der Waals surface area contributed by atoms with Crippen molar-refractivity contribution in [3.63, 3.8) is 0 Å². The van der Waals surface area contributed by atoms with E-state index in [9.17, 15) is 4.39 Å². The van der Waals surface area contributed by atoms with Crippen molar-refractivity contribution in [3.8, 4) is 0 Å². The second kappa shape index (κ2) is 5.07. The largest absolute Gasteiger partial charge is 0.295 e. The van der Waals surface area contributed by atoms with E-state index < -0.39 is 0 Å². The molecule has 0 saturated heterocycles. The highest BCUT2D eigenvalue weighted by Gasteiger charge is 2.15. The highest BCUT2D eigenvalue weighted by molar-refractivity contribution is 6.29. The van der Waals surface area contributed by atoms with E-state index in [1.54, 1.807) is 18.2 Å². The van der Waals surface area contributed by atoms with Gasteiger partial charge in [-0.2, -0.15) is 0 Å². The minimum absolute atomic E-state index is 0.270. The predicted molar refractivity (Wildman–Crippen MR) is 87.4 cm³/mol. The molecule has 0 atom stereocenters. The monoisotopic (exact) mass is 333 g/mol. The molecule has 0 aliphatic carbocycles. The zero-order valence-electron chi connectivity index (χ0n) is 11.4. The summed E-state index contributed by atoms with van der Waals surface area (Å²) in [6.07, 6.45) is 0.580. The minimum atomic E-state index is -0.270. The van der Waals surface area contributed by atoms with E-state index in [0.717, 1.165) is 22.4 Å². The molecule has 3 nitrogen and oxygen atoms in total. The van der Waals surface area contributed by atoms with Gasteiger partial charge in [0.05, 0.1) is 16.6 Å². The van der Waals surface area contributed by atoms with Crippen molar-refractivity contribution in [1.29, 1.82) is 0 Å². The van der Waals surface area contributed by atoms with Crippen molar-refractivity contribution >= 4 is 50.7 Å². The lowest BCUT2D eigenvalue weighted by Crippen LogP contribution is -2.03. The molecule has 0 fully saturated rings. The number of rotatable bonds is 2. The number of hydrogen-bond acceptors (Lipinski definition) is 2. The first kappa shape index (κ1) is 13.7. The Morgan fingerprint density at radius 2 is 1.95 bits per heavy atom. The van der Waals surface area contributed by atoms with Crippen molar-refractivity contribution in [2.75, 3.05) is 5.88 Å². The molecule has 6 heteroatoms. The Labute approximate surface area is 135 Å². The SMILES string of the molecule is Fc1cccc2c1cc1c3nc(Cl)ccc3nc(CCCl)n21. The van der Waals surface area contributed by atoms with Crippen LogP contribution >= 0.6 is 23.2 Å². The summed E-state index contributed by atoms with van der Waals surface area (Å²) in [5, 5.41) is 0.918. The summed E-state index contributed by atoms with van der Waals surface area (Å²) in [5.41, 5.74) is 2.92. The van der Waals surface area contributed by atoms with Crippen molar-refractivity contribution in [3.05, 3.63) is 53.2 Å². The van der Waals surface area contributed by atoms with Crippen LogP contribution < -0.4 is 0 Å². The van der Waals surface area contributed by atoms with Gasteiger partial charge in [-0.05, 0) is 30.3 Å². The highest BCUT2D eigenvalue weighted by atomic mass is 35.5. The third-order valence-corrected chi connectivity index (χ3v) is 4.10. The Bertz CT molecular complexity index is 1030. The average molecular weight is 334 g/mol. The molecule has 110 valence electrons. The summed E-state index contributed by atoms with van der Waals surface area (Å²) in [6, 6.07) is 10.3. The van der Waals surface area contributed by atoms with Crippen LogP contribution in [-0.2, 0) is 6.42 Å². The molecule has 0 spiro atoms. The van der Waals surface area contributed by atoms with Gasteiger partial charge in [0.15, 0.2) is 0 Å². The molecule has 3 heterocycles. The van der Waals surface area contributed by atoms with Crippen molar-refractivity contribution in [1.82, 2.24) is 14.4 Å². The molecule has 4 aromatic rings. The first-order valence-corrected chi connectivity index (χ1v) is 7.71. The van der Waals surface area contributed by atoms with Gasteiger partial charge in [0.25, 0.3) is 0 Å². The second-order valence-corrected chi connectivity index (χ2v) is 5.77. The predicted octanol–water partition coefficient (Wildman–Crippen LogP) is 4.61. The lowest BCUT2D eigenvalue weighted by molar-refractivity contribution is 0.640. The number of aryl methyl sites for hydroxylation is 1. The van der Waals surface area contributed by atoms with E-state index in [2.05, 4.69) is 9.97 Å². The fourth-order valence-electron chi connectivity index (χ4n) is 2.79. The summed E-state index contributed by atoms with van der Waals surface area (Å²) in [6.45, 7) is 0. The van der Waals surface area contributed by atoms with Crippen LogP contribution in [0.15, 0.2) is 36.4 Å². The van der Waals surface area contributed by atoms with Crippen LogP contribution in [0.2, 0.25) is 5.15 Å². The van der Waals surface area contributed by atoms with Gasteiger partial charge in [-0.25, -0.2) is 14.4 Å². The van der Waals surface area contributed by atoms with E-state index in [1.807, 2.05) is 16.5 Å². The normalized spacial score (nSPS) is 11.8. The van der Waals surface area contributed by atoms with Gasteiger partial charge in [0.2, 0.25) is 0 Å². The molecular weight excluding hydrogens is 324 g/mol. The van der Waals surface area contributed by atoms with E-state index >= 15 is 0 Å². The number of hydrogen-bond donors (Lipinski definition) is 0. The summed E-state index contributed by atoms with van der Waals surface area (Å²) in [7, 11) is 0. The van der Waals surface area contributed by atoms with Crippen LogP contribution in [0.3, 0.4) is 0 Å². The average Bonchev–Trinajstić information content (AvgIpc) is 2.90. The molecule has 0 saturated carbocycles. The Morgan fingerprint density at radius 3 is 2.77 bits per heavy atom. The lowest BCUT2D eigenvalue weighted by atomic mass is 10.2. The molecule has 0 bridgehead atoms. The third kappa shape index (κ3) is 1.95. The molecule has 4 rings (SSSR count). The van der Waals surface area contributed by atoms with Crippen molar-refractivity contribution in [2.24, 2.45) is 0 Å². The Hall–Kier alpha value is -1.91. The molecule has 0 amide bonds. The number of fused-ring (bicyclic) bond motifs is 5. The van der Waals surface area contributed by atoms with E-state index in [0.29, 0.717) is 28.4 Å². The van der Waals surface area contributed by atoms with Crippen molar-refractivity contribution < 1.29 is 4.39 Å². The minimum Gasteiger partial charge on any atom is -0.295 e. The van der Waals surface area contributed by atoms with Gasteiger partial charge in [0.1, 0.15) is 22.3 Å². The molecule has 0 aliphatic rings. The fraction of sp³-hybridized carbons (Fsp3) is 0.125. The van der Waals surface area contributed by atoms with E-state index in [-0.39, 0.29) is 5.82 Å². The molecule has 0 unspecified atom stereocenters. The zero-order chi connectivity index (χ0) is 15.3. The number of benzene rings is 1. The number of alkyl halides is 1. The van der Waals surface area contributed by atoms with Gasteiger partial charge < -0.3 is 0 Å². The quantitative estimate of drug-likeness (QED) is 0.396. The maximum atomic E-state index is 14.1. The zero-order valence-corrected chi connectivity index (χ0v) is 12.9. The summed E-state index contributed by atoms with van der Waals surface area (Å²) in [4.78, 5) is 8.98. The maximum Gasteiger partial charge on any atom is 0.132 e. The number of aromatic nitrogens is 3. The van der Waals surface area contributed by atoms with Gasteiger partial charge >= 0.3 is 0 Å². The smallest absolute Gasteiger partial charge is 0.132 e. The second-order valence-electron chi connectivity index (χ2n) is 5.01. The van der Waals surface area contributed by atoms with Gasteiger partial charge in [0, 0.05) is 17.7 Å². The Kier molecular flexibility index (Phi) is 3.17. The topological polar surface area (TPSA) is 30.2 Å². The van der Waals surface area contributed by atoms with Gasteiger partial charge in [-0.1, -0.05) is 17.7 Å². The number of halogens is 3. The Balaban J connectivity index is 2.27. The maximum absolute atomic E-state index is 14.1. The molecule has 0 N–H and O–H groups in total. The van der Waals surface area contributed by atoms with Crippen LogP contribution in [-0.4, -0.2) is 20.2 Å². The van der Waals surface area contributed by atoms with Gasteiger partial charge in [-0.3, -0.25) is 4.40 Å². The van der Waals surface area contributed by atoms with Gasteiger partial charge in [-0.15, -0.1) is 11.6 Å². The summed E-state index contributed by atoms with van der Waals surface area (Å²) in [5.74, 6) is 0.944. The molecule has 0 radical (unpaired) electrons. The third-order valence-electron chi connectivity index (χ3n) is 3.70. The van der Waals surface area contributed by atoms with E-state index in [1.165, 1.54) is 6.07 Å². The summed E-state index contributed by atoms with van der Waals surface area (Å²) >= 11 is 11.9. The number of pyridine rings is 1. The standard InChI is InChI=1S/C16H10Cl2FN3/c17-7-6-15-20-11-4-5-14(18)21-16(11)13-8-9-10(19)2-1-3-12(9)22(13)15/h1-5,8H,6-7H2. The molecule has 3 aromatic heterocycles. The molecule has 0 aliphatic heterocycles. The van der Waals surface area contributed by atoms with Crippen LogP contribution in [0.25, 0.3) is 27.5 Å². The van der Waals surface area contributed by atoms with Crippen molar-refractivity contribution in [2.45, 2.75) is 6.42 Å². The van der Waals surface area contributed by atoms with Crippen LogP contribution in [0.4, 0.5) is 4.39 Å². The van der Waals surface area contributed by atoms with Crippen LogP contribution in [0, 0.1) is 5.82 Å². The highest BCUT2D eigenvalue weighted by Crippen LogP contribution is 2.29. The Morgan fingerprint density at radius 1 is 1.09 bits per heavy atom. The van der Waals surface area contributed by atoms with E-state index in [4.69, 9.17) is 23.2 Å². The first-order valence-electron chi connectivity index (χ1n) is 6.80. The molecular formula is C16H10Cl2FN3. The number of nitrogens with zero attached hydrogens (tertiary/aromatic N) is 3.